The van der Waals surface area contributed by atoms with Crippen molar-refractivity contribution < 1.29 is 13.2 Å². The van der Waals surface area contributed by atoms with Crippen LogP contribution in [0.1, 0.15) is 50.4 Å². The van der Waals surface area contributed by atoms with Crippen molar-refractivity contribution in [2.45, 2.75) is 58.0 Å². The number of aromatic nitrogens is 3. The summed E-state index contributed by atoms with van der Waals surface area (Å²) in [4.78, 5) is 24.3. The molecule has 0 radical (unpaired) electrons. The van der Waals surface area contributed by atoms with Gasteiger partial charge in [0.1, 0.15) is 0 Å². The average molecular weight is 560 g/mol. The van der Waals surface area contributed by atoms with Crippen molar-refractivity contribution in [2.24, 2.45) is 5.92 Å². The molecule has 1 aliphatic heterocycles. The van der Waals surface area contributed by atoms with E-state index in [-0.39, 0.29) is 17.9 Å². The highest BCUT2D eigenvalue weighted by atomic mass is 32.2. The third-order valence-corrected chi connectivity index (χ3v) is 9.25. The minimum Gasteiger partial charge on any atom is -0.365 e. The predicted octanol–water partition coefficient (Wildman–Crippen LogP) is 2.31. The maximum Gasteiger partial charge on any atom is 0.225 e. The lowest BCUT2D eigenvalue weighted by molar-refractivity contribution is -0.137. The zero-order valence-corrected chi connectivity index (χ0v) is 24.8. The van der Waals surface area contributed by atoms with Crippen molar-refractivity contribution >= 4 is 21.6 Å². The van der Waals surface area contributed by atoms with Gasteiger partial charge in [0.15, 0.2) is 0 Å². The molecule has 4 rings (SSSR count). The Morgan fingerprint density at radius 3 is 2.36 bits per heavy atom. The Morgan fingerprint density at radius 1 is 1.03 bits per heavy atom. The quantitative estimate of drug-likeness (QED) is 0.417. The molecular formula is C28H45N7O3S. The highest BCUT2D eigenvalue weighted by molar-refractivity contribution is 7.88. The molecular weight excluding hydrogens is 514 g/mol. The Hall–Kier alpha value is -2.50. The first-order chi connectivity index (χ1) is 18.6. The van der Waals surface area contributed by atoms with E-state index in [4.69, 9.17) is 4.98 Å². The Kier molecular flexibility index (Phi) is 10.0. The van der Waals surface area contributed by atoms with Crippen LogP contribution in [0.2, 0.25) is 0 Å². The zero-order chi connectivity index (χ0) is 28.0. The van der Waals surface area contributed by atoms with Crippen LogP contribution in [-0.4, -0.2) is 109 Å². The lowest BCUT2D eigenvalue weighted by Crippen LogP contribution is -2.51. The summed E-state index contributed by atoms with van der Waals surface area (Å²) in [5.41, 5.74) is 3.21. The average Bonchev–Trinajstić information content (AvgIpc) is 3.37. The molecule has 1 amide bonds. The molecule has 11 heteroatoms. The van der Waals surface area contributed by atoms with Gasteiger partial charge in [0.05, 0.1) is 30.4 Å². The standard InChI is InChI=1S/C28H45N7O3S/c1-5-7-24-8-6-9-25(30-24)21-34-22-27(20-29-34)32-15-17-33(18-16-32)28(36)23-10-12-26(13-11-23)35(39(4,37)38)19-14-31(2)3/h6,8-9,20,22-23,26H,5,7,10-19,21H2,1-4H3. The van der Waals surface area contributed by atoms with Crippen molar-refractivity contribution in [1.82, 2.24) is 28.9 Å². The maximum atomic E-state index is 13.3. The Balaban J connectivity index is 1.25. The highest BCUT2D eigenvalue weighted by Gasteiger charge is 2.35. The number of amides is 1. The minimum absolute atomic E-state index is 0.0122. The predicted molar refractivity (Wildman–Crippen MR) is 154 cm³/mol. The van der Waals surface area contributed by atoms with E-state index in [9.17, 15) is 13.2 Å². The fourth-order valence-corrected chi connectivity index (χ4v) is 6.92. The molecule has 216 valence electrons. The molecule has 1 saturated carbocycles. The van der Waals surface area contributed by atoms with Gasteiger partial charge < -0.3 is 14.7 Å². The van der Waals surface area contributed by atoms with Crippen molar-refractivity contribution in [1.29, 1.82) is 0 Å². The molecule has 0 spiro atoms. The second kappa shape index (κ2) is 13.2. The SMILES string of the molecule is CCCc1cccc(Cn2cc(N3CCN(C(=O)C4CCC(N(CCN(C)C)S(C)(=O)=O)CC4)CC3)cn2)n1. The van der Waals surface area contributed by atoms with Crippen LogP contribution in [0.4, 0.5) is 5.69 Å². The molecule has 0 aromatic carbocycles. The van der Waals surface area contributed by atoms with Crippen LogP contribution in [0.15, 0.2) is 30.6 Å². The number of pyridine rings is 1. The number of anilines is 1. The smallest absolute Gasteiger partial charge is 0.225 e. The van der Waals surface area contributed by atoms with Crippen LogP contribution < -0.4 is 4.90 Å². The third-order valence-electron chi connectivity index (χ3n) is 7.92. The van der Waals surface area contributed by atoms with Gasteiger partial charge in [-0.3, -0.25) is 14.5 Å². The lowest BCUT2D eigenvalue weighted by atomic mass is 9.85. The van der Waals surface area contributed by atoms with E-state index < -0.39 is 10.0 Å². The van der Waals surface area contributed by atoms with Crippen LogP contribution in [0.25, 0.3) is 0 Å². The molecule has 2 aromatic rings. The van der Waals surface area contributed by atoms with Gasteiger partial charge in [-0.1, -0.05) is 19.4 Å². The first-order valence-electron chi connectivity index (χ1n) is 14.3. The molecule has 2 aliphatic rings. The number of carbonyl (C=O) groups is 1. The van der Waals surface area contributed by atoms with Crippen molar-refractivity contribution in [3.8, 4) is 0 Å². The van der Waals surface area contributed by atoms with E-state index in [2.05, 4.69) is 35.3 Å². The van der Waals surface area contributed by atoms with Crippen LogP contribution in [-0.2, 0) is 27.8 Å². The number of sulfonamides is 1. The molecule has 2 aromatic heterocycles. The summed E-state index contributed by atoms with van der Waals surface area (Å²) >= 11 is 0. The fourth-order valence-electron chi connectivity index (χ4n) is 5.75. The van der Waals surface area contributed by atoms with Gasteiger partial charge in [-0.25, -0.2) is 8.42 Å². The van der Waals surface area contributed by atoms with Crippen molar-refractivity contribution in [3.05, 3.63) is 42.0 Å². The molecule has 0 N–H and O–H groups in total. The number of rotatable bonds is 11. The monoisotopic (exact) mass is 559 g/mol. The molecule has 10 nitrogen and oxygen atoms in total. The number of likely N-dealkylation sites (N-methyl/N-ethyl adjacent to an activating group) is 1. The van der Waals surface area contributed by atoms with Crippen LogP contribution in [0.3, 0.4) is 0 Å². The summed E-state index contributed by atoms with van der Waals surface area (Å²) in [6.07, 6.45) is 10.3. The Labute approximate surface area is 234 Å². The number of nitrogens with zero attached hydrogens (tertiary/aromatic N) is 7. The third kappa shape index (κ3) is 8.02. The van der Waals surface area contributed by atoms with Crippen LogP contribution >= 0.6 is 0 Å². The Morgan fingerprint density at radius 2 is 1.72 bits per heavy atom. The number of hydrogen-bond acceptors (Lipinski definition) is 7. The van der Waals surface area contributed by atoms with Gasteiger partial charge in [-0.05, 0) is 58.3 Å². The minimum atomic E-state index is -3.28. The molecule has 0 atom stereocenters. The van der Waals surface area contributed by atoms with Crippen molar-refractivity contribution in [2.75, 3.05) is 64.5 Å². The van der Waals surface area contributed by atoms with E-state index in [0.717, 1.165) is 68.7 Å². The highest BCUT2D eigenvalue weighted by Crippen LogP contribution is 2.30. The van der Waals surface area contributed by atoms with Crippen molar-refractivity contribution in [3.63, 3.8) is 0 Å². The first-order valence-corrected chi connectivity index (χ1v) is 16.1. The number of carbonyl (C=O) groups excluding carboxylic acids is 1. The van der Waals surface area contributed by atoms with E-state index in [1.807, 2.05) is 40.8 Å². The summed E-state index contributed by atoms with van der Waals surface area (Å²) in [7, 11) is 0.626. The van der Waals surface area contributed by atoms with Crippen LogP contribution in [0, 0.1) is 5.92 Å². The van der Waals surface area contributed by atoms with E-state index in [1.165, 1.54) is 6.26 Å². The van der Waals surface area contributed by atoms with E-state index >= 15 is 0 Å². The molecule has 1 aliphatic carbocycles. The van der Waals surface area contributed by atoms with Gasteiger partial charge in [-0.2, -0.15) is 9.40 Å². The second-order valence-electron chi connectivity index (χ2n) is 11.3. The zero-order valence-electron chi connectivity index (χ0n) is 24.0. The Bertz CT molecular complexity index is 1180. The summed E-state index contributed by atoms with van der Waals surface area (Å²) in [5.74, 6) is 0.211. The topological polar surface area (TPSA) is 94.9 Å². The largest absolute Gasteiger partial charge is 0.365 e. The van der Waals surface area contributed by atoms with E-state index in [1.54, 1.807) is 4.31 Å². The molecule has 1 saturated heterocycles. The molecule has 0 bridgehead atoms. The fraction of sp³-hybridized carbons (Fsp3) is 0.679. The molecule has 3 heterocycles. The summed E-state index contributed by atoms with van der Waals surface area (Å²) in [6.45, 7) is 6.95. The van der Waals surface area contributed by atoms with Crippen LogP contribution in [0.5, 0.6) is 0 Å². The van der Waals surface area contributed by atoms with E-state index in [0.29, 0.717) is 32.7 Å². The molecule has 0 unspecified atom stereocenters. The lowest BCUT2D eigenvalue weighted by Gasteiger charge is -2.39. The van der Waals surface area contributed by atoms with Gasteiger partial charge in [0.25, 0.3) is 0 Å². The number of aryl methyl sites for hydroxylation is 1. The summed E-state index contributed by atoms with van der Waals surface area (Å²) < 4.78 is 28.4. The van der Waals surface area contributed by atoms with Gasteiger partial charge >= 0.3 is 0 Å². The molecule has 39 heavy (non-hydrogen) atoms. The van der Waals surface area contributed by atoms with Gasteiger partial charge in [0.2, 0.25) is 15.9 Å². The maximum absolute atomic E-state index is 13.3. The number of hydrogen-bond donors (Lipinski definition) is 0. The molecule has 2 fully saturated rings. The summed E-state index contributed by atoms with van der Waals surface area (Å²) in [6, 6.07) is 6.17. The summed E-state index contributed by atoms with van der Waals surface area (Å²) in [5, 5.41) is 4.56. The first kappa shape index (κ1) is 29.5. The van der Waals surface area contributed by atoms with Gasteiger partial charge in [0, 0.05) is 63.1 Å². The second-order valence-corrected chi connectivity index (χ2v) is 13.2. The van der Waals surface area contributed by atoms with Gasteiger partial charge in [-0.15, -0.1) is 0 Å². The normalized spacial score (nSPS) is 20.7. The number of piperazine rings is 1.